The summed E-state index contributed by atoms with van der Waals surface area (Å²) >= 11 is 6.30. The quantitative estimate of drug-likeness (QED) is 0.349. The standard InChI is InChI=1S/C29H33ClN4O3/c1-2-33(17-15-21(18-31)22-10-3-4-12-25(22)30)16-6-5-8-20-9-7-11-23-24(20)19-34(29(23)37)26-13-14-27(35)32-28(26)36/h3-4,7,9-12,21,26H,2,5-6,8,13-17,19H2,1H3,(H,32,35,36)/t21-,26?/m1/s1. The first-order chi connectivity index (χ1) is 17.9. The number of imide groups is 1. The molecule has 0 spiro atoms. The van der Waals surface area contributed by atoms with E-state index in [1.807, 2.05) is 36.4 Å². The number of nitrogens with zero attached hydrogens (tertiary/aromatic N) is 3. The smallest absolute Gasteiger partial charge is 0.255 e. The highest BCUT2D eigenvalue weighted by Gasteiger charge is 2.39. The van der Waals surface area contributed by atoms with E-state index in [0.717, 1.165) is 62.0 Å². The maximum atomic E-state index is 13.0. The molecule has 0 saturated carbocycles. The van der Waals surface area contributed by atoms with Crippen LogP contribution >= 0.6 is 11.6 Å². The zero-order chi connectivity index (χ0) is 26.4. The maximum absolute atomic E-state index is 13.0. The number of aryl methyl sites for hydroxylation is 1. The predicted octanol–water partition coefficient (Wildman–Crippen LogP) is 4.44. The molecule has 7 nitrogen and oxygen atoms in total. The first-order valence-corrected chi connectivity index (χ1v) is 13.4. The summed E-state index contributed by atoms with van der Waals surface area (Å²) in [4.78, 5) is 40.9. The van der Waals surface area contributed by atoms with Gasteiger partial charge < -0.3 is 9.80 Å². The molecule has 1 N–H and O–H groups in total. The Hall–Kier alpha value is -3.21. The summed E-state index contributed by atoms with van der Waals surface area (Å²) in [5, 5.41) is 12.7. The van der Waals surface area contributed by atoms with Crippen LogP contribution in [0.25, 0.3) is 0 Å². The summed E-state index contributed by atoms with van der Waals surface area (Å²) in [6.07, 6.45) is 4.20. The van der Waals surface area contributed by atoms with Crippen LogP contribution in [-0.4, -0.2) is 53.2 Å². The van der Waals surface area contributed by atoms with E-state index in [1.54, 1.807) is 4.90 Å². The average molecular weight is 521 g/mol. The SMILES string of the molecule is CCN(CCCCc1cccc2c1CN(C1CCC(=O)NC1=O)C2=O)CC[C@H](C#N)c1ccccc1Cl. The molecule has 0 aliphatic carbocycles. The molecular weight excluding hydrogens is 488 g/mol. The van der Waals surface area contributed by atoms with Crippen LogP contribution in [0.3, 0.4) is 0 Å². The molecule has 0 radical (unpaired) electrons. The van der Waals surface area contributed by atoms with Gasteiger partial charge in [0.25, 0.3) is 5.91 Å². The van der Waals surface area contributed by atoms with E-state index < -0.39 is 6.04 Å². The topological polar surface area (TPSA) is 93.5 Å². The second-order valence-corrected chi connectivity index (χ2v) is 10.1. The number of benzene rings is 2. The van der Waals surface area contributed by atoms with Crippen molar-refractivity contribution in [1.29, 1.82) is 5.26 Å². The van der Waals surface area contributed by atoms with Gasteiger partial charge in [-0.1, -0.05) is 48.9 Å². The van der Waals surface area contributed by atoms with Crippen molar-refractivity contribution >= 4 is 29.3 Å². The molecule has 2 aliphatic heterocycles. The molecule has 0 aromatic heterocycles. The minimum absolute atomic E-state index is 0.130. The Kier molecular flexibility index (Phi) is 8.96. The minimum Gasteiger partial charge on any atom is -0.322 e. The van der Waals surface area contributed by atoms with Crippen molar-refractivity contribution in [2.45, 2.75) is 64.0 Å². The molecule has 8 heteroatoms. The normalized spacial score (nSPS) is 18.1. The predicted molar refractivity (Wildman–Crippen MR) is 142 cm³/mol. The Balaban J connectivity index is 1.29. The zero-order valence-corrected chi connectivity index (χ0v) is 22.0. The lowest BCUT2D eigenvalue weighted by Gasteiger charge is -2.29. The van der Waals surface area contributed by atoms with Crippen LogP contribution in [0.5, 0.6) is 0 Å². The van der Waals surface area contributed by atoms with Crippen molar-refractivity contribution in [2.24, 2.45) is 0 Å². The van der Waals surface area contributed by atoms with Gasteiger partial charge in [-0.3, -0.25) is 19.7 Å². The molecule has 37 heavy (non-hydrogen) atoms. The van der Waals surface area contributed by atoms with Gasteiger partial charge in [0, 0.05) is 23.6 Å². The maximum Gasteiger partial charge on any atom is 0.255 e. The van der Waals surface area contributed by atoms with E-state index in [4.69, 9.17) is 11.6 Å². The van der Waals surface area contributed by atoms with Crippen molar-refractivity contribution in [1.82, 2.24) is 15.1 Å². The molecule has 2 aromatic rings. The summed E-state index contributed by atoms with van der Waals surface area (Å²) < 4.78 is 0. The van der Waals surface area contributed by atoms with Gasteiger partial charge in [0.15, 0.2) is 0 Å². The summed E-state index contributed by atoms with van der Waals surface area (Å²) in [7, 11) is 0. The number of piperidine rings is 1. The number of carbonyl (C=O) groups excluding carboxylic acids is 3. The first kappa shape index (κ1) is 26.8. The number of carbonyl (C=O) groups is 3. The van der Waals surface area contributed by atoms with Gasteiger partial charge in [0.05, 0.1) is 12.0 Å². The van der Waals surface area contributed by atoms with Gasteiger partial charge in [-0.25, -0.2) is 0 Å². The van der Waals surface area contributed by atoms with Gasteiger partial charge in [-0.15, -0.1) is 0 Å². The summed E-state index contributed by atoms with van der Waals surface area (Å²) in [5.41, 5.74) is 3.70. The van der Waals surface area contributed by atoms with Crippen molar-refractivity contribution in [2.75, 3.05) is 19.6 Å². The Bertz CT molecular complexity index is 1210. The monoisotopic (exact) mass is 520 g/mol. The summed E-state index contributed by atoms with van der Waals surface area (Å²) in [5.74, 6) is -1.01. The minimum atomic E-state index is -0.591. The molecule has 2 heterocycles. The number of amides is 3. The van der Waals surface area contributed by atoms with Gasteiger partial charge >= 0.3 is 0 Å². The lowest BCUT2D eigenvalue weighted by atomic mass is 9.96. The Morgan fingerprint density at radius 3 is 2.68 bits per heavy atom. The molecule has 2 aliphatic rings. The van der Waals surface area contributed by atoms with E-state index in [9.17, 15) is 19.6 Å². The molecule has 2 aromatic carbocycles. The molecule has 3 amide bonds. The molecule has 2 atom stereocenters. The Labute approximate surface area is 223 Å². The van der Waals surface area contributed by atoms with E-state index in [2.05, 4.69) is 29.3 Å². The van der Waals surface area contributed by atoms with E-state index in [0.29, 0.717) is 23.6 Å². The van der Waals surface area contributed by atoms with Crippen molar-refractivity contribution in [3.63, 3.8) is 0 Å². The van der Waals surface area contributed by atoms with Crippen LogP contribution in [-0.2, 0) is 22.6 Å². The van der Waals surface area contributed by atoms with E-state index >= 15 is 0 Å². The number of unbranched alkanes of at least 4 members (excludes halogenated alkanes) is 1. The van der Waals surface area contributed by atoms with Crippen molar-refractivity contribution in [3.05, 3.63) is 69.7 Å². The van der Waals surface area contributed by atoms with Gasteiger partial charge in [0.1, 0.15) is 6.04 Å². The third-order valence-electron chi connectivity index (χ3n) is 7.47. The molecule has 194 valence electrons. The number of hydrogen-bond donors (Lipinski definition) is 1. The fourth-order valence-corrected chi connectivity index (χ4v) is 5.59. The zero-order valence-electron chi connectivity index (χ0n) is 21.2. The van der Waals surface area contributed by atoms with E-state index in [1.165, 1.54) is 0 Å². The lowest BCUT2D eigenvalue weighted by Crippen LogP contribution is -2.52. The van der Waals surface area contributed by atoms with Gasteiger partial charge in [-0.05, 0) is 80.6 Å². The Morgan fingerprint density at radius 1 is 1.14 bits per heavy atom. The Morgan fingerprint density at radius 2 is 1.95 bits per heavy atom. The number of hydrogen-bond acceptors (Lipinski definition) is 5. The second kappa shape index (κ2) is 12.4. The number of halogens is 1. The first-order valence-electron chi connectivity index (χ1n) is 13.0. The van der Waals surface area contributed by atoms with Crippen molar-refractivity contribution < 1.29 is 14.4 Å². The average Bonchev–Trinajstić information content (AvgIpc) is 3.23. The van der Waals surface area contributed by atoms with Crippen molar-refractivity contribution in [3.8, 4) is 6.07 Å². The molecule has 4 rings (SSSR count). The number of rotatable bonds is 11. The fourth-order valence-electron chi connectivity index (χ4n) is 5.32. The van der Waals surface area contributed by atoms with Crippen LogP contribution in [0, 0.1) is 11.3 Å². The summed E-state index contributed by atoms with van der Waals surface area (Å²) in [6.45, 7) is 5.23. The second-order valence-electron chi connectivity index (χ2n) is 9.73. The van der Waals surface area contributed by atoms with Gasteiger partial charge in [0.2, 0.25) is 11.8 Å². The van der Waals surface area contributed by atoms with Crippen LogP contribution < -0.4 is 5.32 Å². The van der Waals surface area contributed by atoms with Crippen LogP contribution in [0.2, 0.25) is 5.02 Å². The van der Waals surface area contributed by atoms with Gasteiger partial charge in [-0.2, -0.15) is 5.26 Å². The van der Waals surface area contributed by atoms with E-state index in [-0.39, 0.29) is 30.1 Å². The highest BCUT2D eigenvalue weighted by Crippen LogP contribution is 2.31. The van der Waals surface area contributed by atoms with Crippen LogP contribution in [0.4, 0.5) is 0 Å². The third-order valence-corrected chi connectivity index (χ3v) is 7.81. The van der Waals surface area contributed by atoms with Crippen LogP contribution in [0.15, 0.2) is 42.5 Å². The number of fused-ring (bicyclic) bond motifs is 1. The lowest BCUT2D eigenvalue weighted by molar-refractivity contribution is -0.136. The summed E-state index contributed by atoms with van der Waals surface area (Å²) in [6, 6.07) is 15.2. The highest BCUT2D eigenvalue weighted by molar-refractivity contribution is 6.31. The number of nitriles is 1. The molecule has 1 fully saturated rings. The highest BCUT2D eigenvalue weighted by atomic mass is 35.5. The van der Waals surface area contributed by atoms with Crippen LogP contribution in [0.1, 0.15) is 72.0 Å². The largest absolute Gasteiger partial charge is 0.322 e. The fraction of sp³-hybridized carbons (Fsp3) is 0.448. The molecule has 1 unspecified atom stereocenters. The number of nitrogens with one attached hydrogen (secondary N) is 1. The molecule has 1 saturated heterocycles. The third kappa shape index (κ3) is 6.20. The molecule has 0 bridgehead atoms. The molecular formula is C29H33ClN4O3.